The van der Waals surface area contributed by atoms with Crippen LogP contribution in [0.5, 0.6) is 0 Å². The zero-order valence-electron chi connectivity index (χ0n) is 18.2. The zero-order valence-corrected chi connectivity index (χ0v) is 18.2. The van der Waals surface area contributed by atoms with Crippen molar-refractivity contribution >= 4 is 22.4 Å². The first-order chi connectivity index (χ1) is 15.1. The second-order valence-corrected chi connectivity index (χ2v) is 8.30. The highest BCUT2D eigenvalue weighted by molar-refractivity contribution is 6.08. The number of hydrazone groups is 1. The average molecular weight is 413 g/mol. The quantitative estimate of drug-likeness (QED) is 0.657. The Morgan fingerprint density at radius 3 is 2.45 bits per heavy atom. The summed E-state index contributed by atoms with van der Waals surface area (Å²) in [5.41, 5.74) is 6.35. The number of anilines is 1. The molecular weight excluding hydrogens is 384 g/mol. The van der Waals surface area contributed by atoms with Crippen LogP contribution >= 0.6 is 0 Å². The summed E-state index contributed by atoms with van der Waals surface area (Å²) in [6.07, 6.45) is 4.00. The molecular formula is C25H28N6. The number of hydrogen-bond acceptors (Lipinski definition) is 5. The molecule has 6 heteroatoms. The minimum atomic E-state index is 0.746. The van der Waals surface area contributed by atoms with Crippen LogP contribution in [0.2, 0.25) is 0 Å². The van der Waals surface area contributed by atoms with Crippen molar-refractivity contribution in [2.45, 2.75) is 6.54 Å². The molecule has 1 aromatic heterocycles. The Hall–Kier alpha value is -3.38. The molecule has 2 aliphatic rings. The van der Waals surface area contributed by atoms with E-state index in [1.807, 2.05) is 19.2 Å². The molecule has 0 aliphatic carbocycles. The van der Waals surface area contributed by atoms with E-state index in [0.717, 1.165) is 61.0 Å². The van der Waals surface area contributed by atoms with E-state index in [2.05, 4.69) is 76.5 Å². The largest absolute Gasteiger partial charge is 0.369 e. The second-order valence-electron chi connectivity index (χ2n) is 8.30. The molecule has 1 fully saturated rings. The van der Waals surface area contributed by atoms with Gasteiger partial charge in [0.25, 0.3) is 0 Å². The van der Waals surface area contributed by atoms with E-state index in [4.69, 9.17) is 10.1 Å². The summed E-state index contributed by atoms with van der Waals surface area (Å²) in [6, 6.07) is 17.2. The fourth-order valence-corrected chi connectivity index (χ4v) is 4.16. The van der Waals surface area contributed by atoms with Gasteiger partial charge in [-0.3, -0.25) is 5.01 Å². The molecule has 0 atom stereocenters. The Balaban J connectivity index is 1.60. The van der Waals surface area contributed by atoms with Gasteiger partial charge < -0.3 is 14.4 Å². The number of allylic oxidation sites excluding steroid dienone is 2. The molecule has 0 bridgehead atoms. The molecule has 3 heterocycles. The van der Waals surface area contributed by atoms with Crippen molar-refractivity contribution < 1.29 is 0 Å². The summed E-state index contributed by atoms with van der Waals surface area (Å²) < 4.78 is 2.29. The standard InChI is InChI=1S/C25H28N6/c1-19-9-11-23(27-29(19)3)25-26-22-12-10-21(30-15-13-28(2)14-16-30)17-24(22)31(25)18-20-7-5-4-6-8-20/h4-12,17H,1,13-16,18H2,2-3H3. The molecule has 0 unspecified atom stereocenters. The first-order valence-electron chi connectivity index (χ1n) is 10.8. The number of rotatable bonds is 4. The average Bonchev–Trinajstić information content (AvgIpc) is 3.14. The summed E-state index contributed by atoms with van der Waals surface area (Å²) in [5, 5.41) is 6.52. The molecule has 31 heavy (non-hydrogen) atoms. The Morgan fingerprint density at radius 1 is 0.935 bits per heavy atom. The minimum Gasteiger partial charge on any atom is -0.369 e. The summed E-state index contributed by atoms with van der Waals surface area (Å²) in [6.45, 7) is 9.03. The molecule has 0 spiro atoms. The van der Waals surface area contributed by atoms with Crippen LogP contribution in [0.1, 0.15) is 11.4 Å². The highest BCUT2D eigenvalue weighted by atomic mass is 15.4. The number of hydrogen-bond donors (Lipinski definition) is 0. The molecule has 0 saturated carbocycles. The molecule has 2 aliphatic heterocycles. The number of nitrogens with zero attached hydrogens (tertiary/aromatic N) is 6. The zero-order chi connectivity index (χ0) is 21.4. The van der Waals surface area contributed by atoms with Crippen molar-refractivity contribution in [3.63, 3.8) is 0 Å². The molecule has 0 N–H and O–H groups in total. The number of likely N-dealkylation sites (N-methyl/N-ethyl adjacent to an activating group) is 2. The number of piperazine rings is 1. The van der Waals surface area contributed by atoms with E-state index in [0.29, 0.717) is 0 Å². The van der Waals surface area contributed by atoms with Crippen LogP contribution < -0.4 is 4.90 Å². The third-order valence-electron chi connectivity index (χ3n) is 6.12. The monoisotopic (exact) mass is 412 g/mol. The molecule has 158 valence electrons. The lowest BCUT2D eigenvalue weighted by molar-refractivity contribution is 0.313. The fraction of sp³-hybridized carbons (Fsp3) is 0.280. The predicted octanol–water partition coefficient (Wildman–Crippen LogP) is 3.56. The number of fused-ring (bicyclic) bond motifs is 1. The van der Waals surface area contributed by atoms with Gasteiger partial charge in [0.15, 0.2) is 5.82 Å². The normalized spacial score (nSPS) is 17.5. The van der Waals surface area contributed by atoms with Gasteiger partial charge in [-0.25, -0.2) is 4.98 Å². The maximum absolute atomic E-state index is 4.99. The van der Waals surface area contributed by atoms with Crippen molar-refractivity contribution in [3.8, 4) is 0 Å². The van der Waals surface area contributed by atoms with Gasteiger partial charge >= 0.3 is 0 Å². The third-order valence-corrected chi connectivity index (χ3v) is 6.12. The fourth-order valence-electron chi connectivity index (χ4n) is 4.16. The third kappa shape index (κ3) is 3.86. The van der Waals surface area contributed by atoms with Crippen LogP contribution in [0.25, 0.3) is 11.0 Å². The van der Waals surface area contributed by atoms with Crippen LogP contribution in [0, 0.1) is 0 Å². The Labute approximate surface area is 183 Å². The van der Waals surface area contributed by atoms with Gasteiger partial charge in [-0.05, 0) is 43.0 Å². The maximum atomic E-state index is 4.99. The topological polar surface area (TPSA) is 39.9 Å². The van der Waals surface area contributed by atoms with Crippen molar-refractivity contribution in [2.75, 3.05) is 45.2 Å². The molecule has 0 amide bonds. The van der Waals surface area contributed by atoms with Gasteiger partial charge in [0.1, 0.15) is 5.71 Å². The maximum Gasteiger partial charge on any atom is 0.161 e. The first-order valence-corrected chi connectivity index (χ1v) is 10.8. The lowest BCUT2D eigenvalue weighted by atomic mass is 10.2. The van der Waals surface area contributed by atoms with E-state index in [1.54, 1.807) is 5.01 Å². The number of benzene rings is 2. The predicted molar refractivity (Wildman–Crippen MR) is 128 cm³/mol. The summed E-state index contributed by atoms with van der Waals surface area (Å²) >= 11 is 0. The Morgan fingerprint density at radius 2 is 1.71 bits per heavy atom. The molecule has 6 nitrogen and oxygen atoms in total. The van der Waals surface area contributed by atoms with Gasteiger partial charge in [0, 0.05) is 45.5 Å². The molecule has 1 saturated heterocycles. The van der Waals surface area contributed by atoms with Crippen LogP contribution in [-0.2, 0) is 6.54 Å². The SMILES string of the molecule is C=C1C=CC(c2nc3ccc(N4CCN(C)CC4)cc3n2Cc2ccccc2)=NN1C. The van der Waals surface area contributed by atoms with Crippen LogP contribution in [0.4, 0.5) is 5.69 Å². The lowest BCUT2D eigenvalue weighted by Crippen LogP contribution is -2.44. The number of imidazole rings is 1. The molecule has 0 radical (unpaired) electrons. The highest BCUT2D eigenvalue weighted by Crippen LogP contribution is 2.26. The summed E-state index contributed by atoms with van der Waals surface area (Å²) in [4.78, 5) is 9.83. The van der Waals surface area contributed by atoms with Gasteiger partial charge in [0.2, 0.25) is 0 Å². The van der Waals surface area contributed by atoms with Gasteiger partial charge in [-0.15, -0.1) is 0 Å². The van der Waals surface area contributed by atoms with Crippen molar-refractivity contribution in [3.05, 3.63) is 84.3 Å². The smallest absolute Gasteiger partial charge is 0.161 e. The Kier molecular flexibility index (Phi) is 5.08. The molecule has 2 aromatic carbocycles. The van der Waals surface area contributed by atoms with Crippen LogP contribution in [0.15, 0.2) is 78.1 Å². The van der Waals surface area contributed by atoms with E-state index >= 15 is 0 Å². The second kappa shape index (κ2) is 8.04. The number of aromatic nitrogens is 2. The van der Waals surface area contributed by atoms with Crippen molar-refractivity contribution in [2.24, 2.45) is 5.10 Å². The van der Waals surface area contributed by atoms with Crippen LogP contribution in [-0.4, -0.2) is 65.4 Å². The molecule has 5 rings (SSSR count). The van der Waals surface area contributed by atoms with E-state index in [9.17, 15) is 0 Å². The summed E-state index contributed by atoms with van der Waals surface area (Å²) in [7, 11) is 4.10. The van der Waals surface area contributed by atoms with Gasteiger partial charge in [-0.2, -0.15) is 5.10 Å². The minimum absolute atomic E-state index is 0.746. The van der Waals surface area contributed by atoms with E-state index in [1.165, 1.54) is 11.3 Å². The highest BCUT2D eigenvalue weighted by Gasteiger charge is 2.20. The van der Waals surface area contributed by atoms with Crippen molar-refractivity contribution in [1.29, 1.82) is 0 Å². The van der Waals surface area contributed by atoms with Crippen molar-refractivity contribution in [1.82, 2.24) is 19.5 Å². The van der Waals surface area contributed by atoms with E-state index < -0.39 is 0 Å². The first kappa shape index (κ1) is 19.6. The van der Waals surface area contributed by atoms with E-state index in [-0.39, 0.29) is 0 Å². The van der Waals surface area contributed by atoms with Gasteiger partial charge in [-0.1, -0.05) is 36.9 Å². The Bertz CT molecular complexity index is 1170. The molecule has 3 aromatic rings. The summed E-state index contributed by atoms with van der Waals surface area (Å²) in [5.74, 6) is 0.880. The van der Waals surface area contributed by atoms with Crippen LogP contribution in [0.3, 0.4) is 0 Å². The lowest BCUT2D eigenvalue weighted by Gasteiger charge is -2.34. The van der Waals surface area contributed by atoms with Gasteiger partial charge in [0.05, 0.1) is 16.7 Å².